The summed E-state index contributed by atoms with van der Waals surface area (Å²) in [6.45, 7) is 3.96. The summed E-state index contributed by atoms with van der Waals surface area (Å²) >= 11 is 3.38. The van der Waals surface area contributed by atoms with Crippen molar-refractivity contribution in [3.8, 4) is 5.75 Å². The summed E-state index contributed by atoms with van der Waals surface area (Å²) < 4.78 is 0. The fraction of sp³-hybridized carbons (Fsp3) is 0.267. The van der Waals surface area contributed by atoms with Crippen molar-refractivity contribution in [2.45, 2.75) is 18.7 Å². The third-order valence-electron chi connectivity index (χ3n) is 2.99. The number of anilines is 1. The van der Waals surface area contributed by atoms with Gasteiger partial charge in [0.1, 0.15) is 5.75 Å². The molecule has 0 saturated heterocycles. The van der Waals surface area contributed by atoms with E-state index in [2.05, 4.69) is 21.2 Å². The van der Waals surface area contributed by atoms with Crippen molar-refractivity contribution in [2.24, 2.45) is 5.92 Å². The van der Waals surface area contributed by atoms with Gasteiger partial charge in [-0.25, -0.2) is 0 Å². The van der Waals surface area contributed by atoms with E-state index in [-0.39, 0.29) is 22.4 Å². The third kappa shape index (κ3) is 2.89. The van der Waals surface area contributed by atoms with E-state index in [0.717, 1.165) is 10.8 Å². The molecule has 2 aromatic carbocycles. The Kier molecular flexibility index (Phi) is 4.10. The molecule has 2 N–H and O–H groups in total. The zero-order valence-corrected chi connectivity index (χ0v) is 12.4. The number of carbonyl (C=O) groups excluding carboxylic acids is 1. The number of benzene rings is 2. The van der Waals surface area contributed by atoms with Gasteiger partial charge in [-0.3, -0.25) is 4.79 Å². The minimum absolute atomic E-state index is 0.0779. The minimum atomic E-state index is -0.236. The zero-order valence-electron chi connectivity index (χ0n) is 10.9. The van der Waals surface area contributed by atoms with Crippen LogP contribution in [0.1, 0.15) is 13.8 Å². The van der Waals surface area contributed by atoms with Crippen molar-refractivity contribution in [1.29, 1.82) is 0 Å². The normalized spacial score (nSPS) is 12.6. The van der Waals surface area contributed by atoms with Crippen LogP contribution in [0, 0.1) is 5.92 Å². The quantitative estimate of drug-likeness (QED) is 0.842. The molecule has 0 aliphatic heterocycles. The molecule has 19 heavy (non-hydrogen) atoms. The SMILES string of the molecule is CC(C)C(Br)C(=O)Nc1cccc2c(O)cccc12. The average molecular weight is 322 g/mol. The highest BCUT2D eigenvalue weighted by atomic mass is 79.9. The fourth-order valence-electron chi connectivity index (χ4n) is 1.91. The van der Waals surface area contributed by atoms with Gasteiger partial charge < -0.3 is 10.4 Å². The molecule has 1 unspecified atom stereocenters. The van der Waals surface area contributed by atoms with Crippen LogP contribution in [0.4, 0.5) is 5.69 Å². The molecule has 2 aromatic rings. The van der Waals surface area contributed by atoms with Gasteiger partial charge in [0.2, 0.25) is 5.91 Å². The Hall–Kier alpha value is -1.55. The highest BCUT2D eigenvalue weighted by molar-refractivity contribution is 9.10. The lowest BCUT2D eigenvalue weighted by Crippen LogP contribution is -2.27. The van der Waals surface area contributed by atoms with Gasteiger partial charge >= 0.3 is 0 Å². The second-order valence-corrected chi connectivity index (χ2v) is 5.80. The summed E-state index contributed by atoms with van der Waals surface area (Å²) in [7, 11) is 0. The van der Waals surface area contributed by atoms with Gasteiger partial charge in [-0.1, -0.05) is 54.0 Å². The molecule has 100 valence electrons. The van der Waals surface area contributed by atoms with Crippen LogP contribution in [-0.4, -0.2) is 15.8 Å². The molecule has 2 rings (SSSR count). The summed E-state index contributed by atoms with van der Waals surface area (Å²) in [4.78, 5) is 11.8. The molecule has 0 bridgehead atoms. The van der Waals surface area contributed by atoms with Gasteiger partial charge in [-0.15, -0.1) is 0 Å². The maximum absolute atomic E-state index is 12.1. The van der Waals surface area contributed by atoms with Crippen molar-refractivity contribution < 1.29 is 9.90 Å². The second-order valence-electron chi connectivity index (χ2n) is 4.81. The van der Waals surface area contributed by atoms with Gasteiger partial charge in [0, 0.05) is 16.5 Å². The van der Waals surface area contributed by atoms with Crippen molar-refractivity contribution in [2.75, 3.05) is 5.32 Å². The first-order valence-electron chi connectivity index (χ1n) is 6.16. The van der Waals surface area contributed by atoms with E-state index in [0.29, 0.717) is 5.69 Å². The van der Waals surface area contributed by atoms with Crippen LogP contribution in [0.25, 0.3) is 10.8 Å². The van der Waals surface area contributed by atoms with Crippen LogP contribution in [0.2, 0.25) is 0 Å². The van der Waals surface area contributed by atoms with E-state index in [9.17, 15) is 9.90 Å². The molecular formula is C15H16BrNO2. The van der Waals surface area contributed by atoms with Crippen LogP contribution in [-0.2, 0) is 4.79 Å². The first kappa shape index (κ1) is 13.9. The summed E-state index contributed by atoms with van der Waals surface area (Å²) in [6, 6.07) is 10.8. The second kappa shape index (κ2) is 5.61. The number of fused-ring (bicyclic) bond motifs is 1. The number of alkyl halides is 1. The molecule has 0 fully saturated rings. The Balaban J connectivity index is 2.36. The number of amides is 1. The van der Waals surface area contributed by atoms with Crippen molar-refractivity contribution in [3.63, 3.8) is 0 Å². The van der Waals surface area contributed by atoms with E-state index in [1.54, 1.807) is 12.1 Å². The Morgan fingerprint density at radius 3 is 2.47 bits per heavy atom. The molecule has 1 amide bonds. The standard InChI is InChI=1S/C15H16BrNO2/c1-9(2)14(16)15(19)17-12-7-3-6-11-10(12)5-4-8-13(11)18/h3-9,14,18H,1-2H3,(H,17,19). The molecule has 3 nitrogen and oxygen atoms in total. The van der Waals surface area contributed by atoms with Crippen molar-refractivity contribution in [3.05, 3.63) is 36.4 Å². The number of phenols is 1. The Morgan fingerprint density at radius 2 is 1.79 bits per heavy atom. The molecule has 0 saturated carbocycles. The van der Waals surface area contributed by atoms with Gasteiger partial charge in [0.15, 0.2) is 0 Å². The predicted molar refractivity (Wildman–Crippen MR) is 81.8 cm³/mol. The van der Waals surface area contributed by atoms with Gasteiger partial charge in [-0.2, -0.15) is 0 Å². The molecule has 0 spiro atoms. The topological polar surface area (TPSA) is 49.3 Å². The molecule has 0 aliphatic carbocycles. The van der Waals surface area contributed by atoms with Crippen molar-refractivity contribution in [1.82, 2.24) is 0 Å². The van der Waals surface area contributed by atoms with Crippen LogP contribution >= 0.6 is 15.9 Å². The van der Waals surface area contributed by atoms with Gasteiger partial charge in [0.25, 0.3) is 0 Å². The minimum Gasteiger partial charge on any atom is -0.507 e. The predicted octanol–water partition coefficient (Wildman–Crippen LogP) is 3.90. The Labute approximate surface area is 120 Å². The highest BCUT2D eigenvalue weighted by Crippen LogP contribution is 2.30. The summed E-state index contributed by atoms with van der Waals surface area (Å²) in [6.07, 6.45) is 0. The number of hydrogen-bond acceptors (Lipinski definition) is 2. The van der Waals surface area contributed by atoms with E-state index in [4.69, 9.17) is 0 Å². The Bertz CT molecular complexity index is 610. The van der Waals surface area contributed by atoms with Crippen LogP contribution in [0.3, 0.4) is 0 Å². The largest absolute Gasteiger partial charge is 0.507 e. The number of halogens is 1. The van der Waals surface area contributed by atoms with Crippen LogP contribution in [0.15, 0.2) is 36.4 Å². The number of carbonyl (C=O) groups is 1. The first-order valence-corrected chi connectivity index (χ1v) is 7.08. The molecule has 1 atom stereocenters. The molecular weight excluding hydrogens is 306 g/mol. The van der Waals surface area contributed by atoms with E-state index in [1.807, 2.05) is 38.1 Å². The number of rotatable bonds is 3. The molecule has 4 heteroatoms. The van der Waals surface area contributed by atoms with E-state index < -0.39 is 0 Å². The number of nitrogens with one attached hydrogen (secondary N) is 1. The highest BCUT2D eigenvalue weighted by Gasteiger charge is 2.19. The fourth-order valence-corrected chi connectivity index (χ4v) is 2.02. The van der Waals surface area contributed by atoms with E-state index in [1.165, 1.54) is 0 Å². The summed E-state index contributed by atoms with van der Waals surface area (Å²) in [5.41, 5.74) is 0.712. The van der Waals surface area contributed by atoms with Crippen molar-refractivity contribution >= 4 is 38.3 Å². The van der Waals surface area contributed by atoms with Crippen LogP contribution in [0.5, 0.6) is 5.75 Å². The Morgan fingerprint density at radius 1 is 1.16 bits per heavy atom. The van der Waals surface area contributed by atoms with Gasteiger partial charge in [0.05, 0.1) is 4.83 Å². The summed E-state index contributed by atoms with van der Waals surface area (Å²) in [5, 5.41) is 14.3. The smallest absolute Gasteiger partial charge is 0.238 e. The third-order valence-corrected chi connectivity index (χ3v) is 4.47. The number of aromatic hydroxyl groups is 1. The number of phenolic OH excluding ortho intramolecular Hbond substituents is 1. The number of hydrogen-bond donors (Lipinski definition) is 2. The van der Waals surface area contributed by atoms with Gasteiger partial charge in [-0.05, 0) is 18.1 Å². The first-order chi connectivity index (χ1) is 9.00. The molecule has 0 aliphatic rings. The monoisotopic (exact) mass is 321 g/mol. The molecule has 0 aromatic heterocycles. The average Bonchev–Trinajstić information content (AvgIpc) is 2.39. The zero-order chi connectivity index (χ0) is 14.0. The maximum Gasteiger partial charge on any atom is 0.238 e. The maximum atomic E-state index is 12.1. The van der Waals surface area contributed by atoms with E-state index >= 15 is 0 Å². The summed E-state index contributed by atoms with van der Waals surface area (Å²) in [5.74, 6) is 0.349. The van der Waals surface area contributed by atoms with Crippen LogP contribution < -0.4 is 5.32 Å². The molecule has 0 heterocycles. The lowest BCUT2D eigenvalue weighted by atomic mass is 10.1. The lowest BCUT2D eigenvalue weighted by molar-refractivity contribution is -0.116. The molecule has 0 radical (unpaired) electrons. The lowest BCUT2D eigenvalue weighted by Gasteiger charge is -2.15.